The molecule has 0 unspecified atom stereocenters. The lowest BCUT2D eigenvalue weighted by molar-refractivity contribution is 0.0493. The molecule has 5 nitrogen and oxygen atoms in total. The van der Waals surface area contributed by atoms with E-state index in [4.69, 9.17) is 0 Å². The topological polar surface area (TPSA) is 52.5 Å². The molecule has 1 aromatic heterocycles. The van der Waals surface area contributed by atoms with Crippen molar-refractivity contribution in [2.45, 2.75) is 25.6 Å². The number of hydrogen-bond donors (Lipinski definition) is 1. The van der Waals surface area contributed by atoms with Crippen LogP contribution in [0.25, 0.3) is 11.0 Å². The van der Waals surface area contributed by atoms with Gasteiger partial charge in [-0.1, -0.05) is 24.3 Å². The Morgan fingerprint density at radius 1 is 1.07 bits per heavy atom. The molecule has 1 saturated heterocycles. The molecule has 1 aliphatic heterocycles. The number of halogens is 1. The zero-order valence-corrected chi connectivity index (χ0v) is 15.9. The molecule has 2 aromatic carbocycles. The summed E-state index contributed by atoms with van der Waals surface area (Å²) in [5.74, 6) is -0.159. The van der Waals surface area contributed by atoms with Crippen LogP contribution in [0.4, 0.5) is 4.39 Å². The van der Waals surface area contributed by atoms with Gasteiger partial charge in [0.05, 0.1) is 11.7 Å². The molecule has 0 radical (unpaired) electrons. The number of aromatic nitrogens is 2. The fourth-order valence-corrected chi connectivity index (χ4v) is 4.28. The highest BCUT2D eigenvalue weighted by Gasteiger charge is 2.27. The van der Waals surface area contributed by atoms with Crippen LogP contribution in [0.1, 0.15) is 17.5 Å². The predicted molar refractivity (Wildman–Crippen MR) is 105 cm³/mol. The zero-order chi connectivity index (χ0) is 18.6. The van der Waals surface area contributed by atoms with Crippen molar-refractivity contribution in [3.05, 3.63) is 59.4 Å². The number of aliphatic hydroxyl groups excluding tert-OH is 1. The molecular formula is C20H23FN4OS. The van der Waals surface area contributed by atoms with Gasteiger partial charge in [-0.3, -0.25) is 9.80 Å². The van der Waals surface area contributed by atoms with Crippen LogP contribution < -0.4 is 0 Å². The summed E-state index contributed by atoms with van der Waals surface area (Å²) >= 11 is 1.24. The Labute approximate surface area is 162 Å². The van der Waals surface area contributed by atoms with Crippen LogP contribution in [0.5, 0.6) is 0 Å². The average molecular weight is 386 g/mol. The zero-order valence-electron chi connectivity index (χ0n) is 15.1. The second-order valence-electron chi connectivity index (χ2n) is 7.05. The Hall–Kier alpha value is -1.93. The van der Waals surface area contributed by atoms with Gasteiger partial charge in [0.2, 0.25) is 0 Å². The molecule has 3 aromatic rings. The van der Waals surface area contributed by atoms with Crippen molar-refractivity contribution in [3.63, 3.8) is 0 Å². The minimum absolute atomic E-state index is 0.142. The number of nitrogens with zero attached hydrogens (tertiary/aromatic N) is 4. The fourth-order valence-electron chi connectivity index (χ4n) is 3.76. The number of benzene rings is 2. The summed E-state index contributed by atoms with van der Waals surface area (Å²) in [7, 11) is 0. The van der Waals surface area contributed by atoms with E-state index in [0.29, 0.717) is 13.0 Å². The highest BCUT2D eigenvalue weighted by molar-refractivity contribution is 7.00. The minimum atomic E-state index is -0.159. The van der Waals surface area contributed by atoms with Gasteiger partial charge in [0, 0.05) is 50.9 Å². The van der Waals surface area contributed by atoms with Crippen LogP contribution in [-0.2, 0) is 13.1 Å². The Balaban J connectivity index is 1.43. The lowest BCUT2D eigenvalue weighted by atomic mass is 10.1. The molecule has 1 N–H and O–H groups in total. The first-order chi connectivity index (χ1) is 13.2. The molecule has 7 heteroatoms. The van der Waals surface area contributed by atoms with E-state index in [1.54, 1.807) is 6.07 Å². The number of aliphatic hydroxyl groups is 1. The maximum atomic E-state index is 14.0. The molecule has 0 spiro atoms. The molecule has 0 saturated carbocycles. The van der Waals surface area contributed by atoms with E-state index in [9.17, 15) is 9.50 Å². The minimum Gasteiger partial charge on any atom is -0.396 e. The van der Waals surface area contributed by atoms with Gasteiger partial charge >= 0.3 is 0 Å². The highest BCUT2D eigenvalue weighted by atomic mass is 32.1. The van der Waals surface area contributed by atoms with Gasteiger partial charge in [0.25, 0.3) is 0 Å². The van der Waals surface area contributed by atoms with Gasteiger partial charge in [-0.05, 0) is 30.2 Å². The van der Waals surface area contributed by atoms with Gasteiger partial charge in [0.1, 0.15) is 16.9 Å². The molecule has 4 rings (SSSR count). The quantitative estimate of drug-likeness (QED) is 0.706. The molecule has 142 valence electrons. The fraction of sp³-hybridized carbons (Fsp3) is 0.400. The first kappa shape index (κ1) is 18.4. The standard InChI is InChI=1S/C20H23FN4OS/c21-18-4-2-1-3-16(18)13-25-9-8-24(14-17(25)7-10-26)12-15-5-6-19-20(11-15)23-27-22-19/h1-6,11,17,26H,7-10,12-14H2/t17-/m1/s1. The third-order valence-corrected chi connectivity index (χ3v) is 5.76. The van der Waals surface area contributed by atoms with Gasteiger partial charge in [-0.2, -0.15) is 8.75 Å². The van der Waals surface area contributed by atoms with E-state index in [-0.39, 0.29) is 18.5 Å². The van der Waals surface area contributed by atoms with E-state index >= 15 is 0 Å². The predicted octanol–water partition coefficient (Wildman–Crippen LogP) is 2.90. The van der Waals surface area contributed by atoms with Gasteiger partial charge < -0.3 is 5.11 Å². The van der Waals surface area contributed by atoms with E-state index in [1.807, 2.05) is 18.2 Å². The average Bonchev–Trinajstić information content (AvgIpc) is 3.13. The Bertz CT molecular complexity index is 902. The lowest BCUT2D eigenvalue weighted by Gasteiger charge is -2.41. The Morgan fingerprint density at radius 2 is 1.93 bits per heavy atom. The van der Waals surface area contributed by atoms with Crippen molar-refractivity contribution in [1.29, 1.82) is 0 Å². The smallest absolute Gasteiger partial charge is 0.127 e. The molecule has 0 aliphatic carbocycles. The molecular weight excluding hydrogens is 363 g/mol. The molecule has 0 bridgehead atoms. The highest BCUT2D eigenvalue weighted by Crippen LogP contribution is 2.21. The number of hydrogen-bond acceptors (Lipinski definition) is 6. The normalized spacial score (nSPS) is 19.0. The molecule has 0 amide bonds. The van der Waals surface area contributed by atoms with Crippen LogP contribution in [0.2, 0.25) is 0 Å². The summed E-state index contributed by atoms with van der Waals surface area (Å²) in [5.41, 5.74) is 3.83. The second-order valence-corrected chi connectivity index (χ2v) is 7.58. The van der Waals surface area contributed by atoms with Gasteiger partial charge in [0.15, 0.2) is 0 Å². The number of rotatable bonds is 6. The molecule has 1 fully saturated rings. The SMILES string of the molecule is OCC[C@@H]1CN(Cc2ccc3nsnc3c2)CCN1Cc1ccccc1F. The maximum Gasteiger partial charge on any atom is 0.127 e. The van der Waals surface area contributed by atoms with E-state index in [2.05, 4.69) is 30.7 Å². The van der Waals surface area contributed by atoms with Crippen LogP contribution in [0.3, 0.4) is 0 Å². The summed E-state index contributed by atoms with van der Waals surface area (Å²) in [6, 6.07) is 13.4. The van der Waals surface area contributed by atoms with Crippen LogP contribution in [0.15, 0.2) is 42.5 Å². The van der Waals surface area contributed by atoms with Crippen molar-refractivity contribution in [1.82, 2.24) is 18.5 Å². The first-order valence-corrected chi connectivity index (χ1v) is 9.98. The van der Waals surface area contributed by atoms with Crippen molar-refractivity contribution in [2.75, 3.05) is 26.2 Å². The van der Waals surface area contributed by atoms with Gasteiger partial charge in [-0.25, -0.2) is 4.39 Å². The summed E-state index contributed by atoms with van der Waals surface area (Å²) < 4.78 is 22.6. The van der Waals surface area contributed by atoms with Crippen LogP contribution >= 0.6 is 11.7 Å². The summed E-state index contributed by atoms with van der Waals surface area (Å²) in [6.07, 6.45) is 0.694. The largest absolute Gasteiger partial charge is 0.396 e. The third kappa shape index (κ3) is 4.32. The summed E-state index contributed by atoms with van der Waals surface area (Å²) in [6.45, 7) is 4.22. The van der Waals surface area contributed by atoms with E-state index < -0.39 is 0 Å². The number of fused-ring (bicyclic) bond motifs is 1. The lowest BCUT2D eigenvalue weighted by Crippen LogP contribution is -2.52. The maximum absolute atomic E-state index is 14.0. The van der Waals surface area contributed by atoms with Crippen molar-refractivity contribution in [2.24, 2.45) is 0 Å². The number of piperazine rings is 1. The van der Waals surface area contributed by atoms with Gasteiger partial charge in [-0.15, -0.1) is 0 Å². The monoisotopic (exact) mass is 386 g/mol. The Kier molecular flexibility index (Phi) is 5.73. The van der Waals surface area contributed by atoms with Crippen LogP contribution in [-0.4, -0.2) is 55.9 Å². The van der Waals surface area contributed by atoms with Crippen molar-refractivity contribution < 1.29 is 9.50 Å². The summed E-state index contributed by atoms with van der Waals surface area (Å²) in [5, 5.41) is 9.49. The third-order valence-electron chi connectivity index (χ3n) is 5.21. The first-order valence-electron chi connectivity index (χ1n) is 9.25. The Morgan fingerprint density at radius 3 is 2.78 bits per heavy atom. The van der Waals surface area contributed by atoms with E-state index in [0.717, 1.165) is 42.8 Å². The van der Waals surface area contributed by atoms with Crippen molar-refractivity contribution >= 4 is 22.8 Å². The molecule has 2 heterocycles. The molecule has 1 aliphatic rings. The van der Waals surface area contributed by atoms with E-state index in [1.165, 1.54) is 23.4 Å². The second kappa shape index (κ2) is 8.39. The molecule has 27 heavy (non-hydrogen) atoms. The van der Waals surface area contributed by atoms with Crippen molar-refractivity contribution in [3.8, 4) is 0 Å². The summed E-state index contributed by atoms with van der Waals surface area (Å²) in [4.78, 5) is 4.69. The molecule has 1 atom stereocenters. The van der Waals surface area contributed by atoms with Crippen LogP contribution in [0, 0.1) is 5.82 Å².